The van der Waals surface area contributed by atoms with E-state index in [9.17, 15) is 0 Å². The Morgan fingerprint density at radius 2 is 1.73 bits per heavy atom. The Kier molecular flexibility index (Phi) is 2.92. The van der Waals surface area contributed by atoms with Crippen LogP contribution in [-0.4, -0.2) is 13.2 Å². The lowest BCUT2D eigenvalue weighted by molar-refractivity contribution is 0.161. The van der Waals surface area contributed by atoms with Gasteiger partial charge in [0.05, 0.1) is 13.2 Å². The van der Waals surface area contributed by atoms with Gasteiger partial charge in [-0.1, -0.05) is 23.8 Å². The molecule has 1 aliphatic rings. The van der Waals surface area contributed by atoms with E-state index in [4.69, 9.17) is 4.74 Å². The minimum atomic E-state index is 0.766. The van der Waals surface area contributed by atoms with E-state index in [1.165, 1.54) is 27.8 Å². The number of hydrogen-bond donors (Lipinski definition) is 0. The summed E-state index contributed by atoms with van der Waals surface area (Å²) in [4.78, 5) is 0. The largest absolute Gasteiger partial charge is 0.377 e. The topological polar surface area (TPSA) is 9.23 Å². The van der Waals surface area contributed by atoms with Crippen molar-refractivity contribution in [3.63, 3.8) is 0 Å². The smallest absolute Gasteiger partial charge is 0.0653 e. The predicted octanol–water partition coefficient (Wildman–Crippen LogP) is 3.42. The second kappa shape index (κ2) is 4.19. The average molecular weight is 202 g/mol. The second-order valence-electron chi connectivity index (χ2n) is 4.33. The fraction of sp³-hybridized carbons (Fsp3) is 0.429. The highest BCUT2D eigenvalue weighted by atomic mass is 16.5. The molecule has 0 amide bonds. The molecule has 1 aromatic carbocycles. The summed E-state index contributed by atoms with van der Waals surface area (Å²) >= 11 is 0. The van der Waals surface area contributed by atoms with Gasteiger partial charge < -0.3 is 4.74 Å². The van der Waals surface area contributed by atoms with Crippen LogP contribution in [0, 0.1) is 20.8 Å². The van der Waals surface area contributed by atoms with Gasteiger partial charge in [0.15, 0.2) is 0 Å². The van der Waals surface area contributed by atoms with Crippen LogP contribution in [-0.2, 0) is 4.74 Å². The van der Waals surface area contributed by atoms with Crippen LogP contribution in [0.25, 0.3) is 5.57 Å². The van der Waals surface area contributed by atoms with E-state index < -0.39 is 0 Å². The Morgan fingerprint density at radius 1 is 1.07 bits per heavy atom. The third-order valence-electron chi connectivity index (χ3n) is 2.96. The number of hydrogen-bond acceptors (Lipinski definition) is 1. The molecule has 0 bridgehead atoms. The molecule has 0 spiro atoms. The van der Waals surface area contributed by atoms with E-state index in [2.05, 4.69) is 39.0 Å². The fourth-order valence-electron chi connectivity index (χ4n) is 2.44. The van der Waals surface area contributed by atoms with Crippen LogP contribution < -0.4 is 0 Å². The van der Waals surface area contributed by atoms with Crippen molar-refractivity contribution in [1.82, 2.24) is 0 Å². The lowest BCUT2D eigenvalue weighted by Gasteiger charge is -2.18. The number of rotatable bonds is 1. The maximum absolute atomic E-state index is 5.35. The number of benzene rings is 1. The van der Waals surface area contributed by atoms with Gasteiger partial charge in [-0.05, 0) is 49.5 Å². The summed E-state index contributed by atoms with van der Waals surface area (Å²) in [5, 5.41) is 0. The third kappa shape index (κ3) is 2.13. The van der Waals surface area contributed by atoms with E-state index in [1.54, 1.807) is 0 Å². The molecule has 1 heterocycles. The molecule has 0 saturated carbocycles. The number of aryl methyl sites for hydroxylation is 3. The van der Waals surface area contributed by atoms with Crippen LogP contribution in [0.3, 0.4) is 0 Å². The molecule has 0 aromatic heterocycles. The molecule has 0 aliphatic carbocycles. The summed E-state index contributed by atoms with van der Waals surface area (Å²) in [6.07, 6.45) is 3.26. The van der Waals surface area contributed by atoms with Crippen LogP contribution in [0.4, 0.5) is 0 Å². The van der Waals surface area contributed by atoms with Crippen molar-refractivity contribution in [2.24, 2.45) is 0 Å². The van der Waals surface area contributed by atoms with Gasteiger partial charge in [-0.25, -0.2) is 0 Å². The quantitative estimate of drug-likeness (QED) is 0.678. The van der Waals surface area contributed by atoms with Crippen LogP contribution in [0.2, 0.25) is 0 Å². The molecule has 0 saturated heterocycles. The first kappa shape index (κ1) is 10.4. The molecular weight excluding hydrogens is 184 g/mol. The maximum atomic E-state index is 5.35. The molecule has 0 radical (unpaired) electrons. The predicted molar refractivity (Wildman–Crippen MR) is 64.1 cm³/mol. The highest BCUT2D eigenvalue weighted by Gasteiger charge is 2.11. The monoisotopic (exact) mass is 202 g/mol. The Bertz CT molecular complexity index is 379. The van der Waals surface area contributed by atoms with Crippen molar-refractivity contribution >= 4 is 5.57 Å². The lowest BCUT2D eigenvalue weighted by Crippen LogP contribution is -2.06. The first-order valence-electron chi connectivity index (χ1n) is 5.53. The molecular formula is C14H18O. The van der Waals surface area contributed by atoms with Crippen molar-refractivity contribution in [2.75, 3.05) is 13.2 Å². The molecule has 1 heteroatoms. The van der Waals surface area contributed by atoms with Crippen molar-refractivity contribution in [3.8, 4) is 0 Å². The highest BCUT2D eigenvalue weighted by Crippen LogP contribution is 2.28. The van der Waals surface area contributed by atoms with Gasteiger partial charge >= 0.3 is 0 Å². The van der Waals surface area contributed by atoms with Crippen molar-refractivity contribution in [1.29, 1.82) is 0 Å². The molecule has 1 aliphatic heterocycles. The van der Waals surface area contributed by atoms with Crippen LogP contribution in [0.1, 0.15) is 28.7 Å². The molecule has 0 fully saturated rings. The molecule has 80 valence electrons. The minimum absolute atomic E-state index is 0.766. The Balaban J connectivity index is 2.47. The zero-order chi connectivity index (χ0) is 10.8. The van der Waals surface area contributed by atoms with Crippen LogP contribution >= 0.6 is 0 Å². The Hall–Kier alpha value is -1.08. The van der Waals surface area contributed by atoms with Gasteiger partial charge in [0, 0.05) is 0 Å². The molecule has 1 nitrogen and oxygen atoms in total. The first-order valence-corrected chi connectivity index (χ1v) is 5.53. The summed E-state index contributed by atoms with van der Waals surface area (Å²) in [6.45, 7) is 8.18. The molecule has 15 heavy (non-hydrogen) atoms. The summed E-state index contributed by atoms with van der Waals surface area (Å²) in [5.41, 5.74) is 7.02. The Morgan fingerprint density at radius 3 is 2.27 bits per heavy atom. The SMILES string of the molecule is Cc1cc(C)c(C2=CCOCC2)c(C)c1. The summed E-state index contributed by atoms with van der Waals surface area (Å²) < 4.78 is 5.35. The van der Waals surface area contributed by atoms with Gasteiger partial charge in [0.25, 0.3) is 0 Å². The minimum Gasteiger partial charge on any atom is -0.377 e. The third-order valence-corrected chi connectivity index (χ3v) is 2.96. The van der Waals surface area contributed by atoms with Crippen molar-refractivity contribution in [2.45, 2.75) is 27.2 Å². The second-order valence-corrected chi connectivity index (χ2v) is 4.33. The van der Waals surface area contributed by atoms with Gasteiger partial charge in [-0.15, -0.1) is 0 Å². The summed E-state index contributed by atoms with van der Waals surface area (Å²) in [7, 11) is 0. The maximum Gasteiger partial charge on any atom is 0.0653 e. The van der Waals surface area contributed by atoms with E-state index in [1.807, 2.05) is 0 Å². The van der Waals surface area contributed by atoms with Crippen LogP contribution in [0.5, 0.6) is 0 Å². The average Bonchev–Trinajstić information content (AvgIpc) is 2.17. The molecule has 1 aromatic rings. The summed E-state index contributed by atoms with van der Waals surface area (Å²) in [5.74, 6) is 0. The standard InChI is InChI=1S/C14H18O/c1-10-8-11(2)14(12(3)9-10)13-4-6-15-7-5-13/h4,8-9H,5-7H2,1-3H3. The first-order chi connectivity index (χ1) is 7.18. The molecule has 2 rings (SSSR count). The Labute approximate surface area is 91.8 Å². The summed E-state index contributed by atoms with van der Waals surface area (Å²) in [6, 6.07) is 4.53. The molecule has 0 unspecified atom stereocenters. The fourth-order valence-corrected chi connectivity index (χ4v) is 2.44. The van der Waals surface area contributed by atoms with Gasteiger partial charge in [0.1, 0.15) is 0 Å². The number of ether oxygens (including phenoxy) is 1. The van der Waals surface area contributed by atoms with E-state index in [0.717, 1.165) is 19.6 Å². The lowest BCUT2D eigenvalue weighted by atomic mass is 9.91. The zero-order valence-electron chi connectivity index (χ0n) is 9.76. The van der Waals surface area contributed by atoms with Gasteiger partial charge in [-0.3, -0.25) is 0 Å². The normalized spacial score (nSPS) is 16.3. The van der Waals surface area contributed by atoms with E-state index in [-0.39, 0.29) is 0 Å². The van der Waals surface area contributed by atoms with Gasteiger partial charge in [0.2, 0.25) is 0 Å². The molecule has 0 N–H and O–H groups in total. The van der Waals surface area contributed by atoms with Crippen molar-refractivity contribution in [3.05, 3.63) is 40.5 Å². The van der Waals surface area contributed by atoms with Gasteiger partial charge in [-0.2, -0.15) is 0 Å². The van der Waals surface area contributed by atoms with Crippen molar-refractivity contribution < 1.29 is 4.74 Å². The van der Waals surface area contributed by atoms with Crippen LogP contribution in [0.15, 0.2) is 18.2 Å². The van der Waals surface area contributed by atoms with E-state index in [0.29, 0.717) is 0 Å². The zero-order valence-corrected chi connectivity index (χ0v) is 9.76. The highest BCUT2D eigenvalue weighted by molar-refractivity contribution is 5.71. The van der Waals surface area contributed by atoms with E-state index >= 15 is 0 Å². The molecule has 0 atom stereocenters.